The number of esters is 1. The van der Waals surface area contributed by atoms with Gasteiger partial charge in [0.25, 0.3) is 11.8 Å². The molecule has 3 amide bonds. The number of fused-ring (bicyclic) bond motifs is 1. The van der Waals surface area contributed by atoms with Crippen LogP contribution in [0.2, 0.25) is 0 Å². The van der Waals surface area contributed by atoms with Crippen LogP contribution >= 0.6 is 0 Å². The van der Waals surface area contributed by atoms with Crippen LogP contribution in [0.1, 0.15) is 55.0 Å². The summed E-state index contributed by atoms with van der Waals surface area (Å²) in [4.78, 5) is 49.8. The minimum absolute atomic E-state index is 0.157. The Morgan fingerprint density at radius 3 is 2.41 bits per heavy atom. The topological polar surface area (TPSA) is 92.8 Å². The molecule has 7 nitrogen and oxygen atoms in total. The Bertz CT molecular complexity index is 1010. The van der Waals surface area contributed by atoms with Crippen molar-refractivity contribution in [3.63, 3.8) is 0 Å². The van der Waals surface area contributed by atoms with Crippen LogP contribution in [0.3, 0.4) is 0 Å². The number of methoxy groups -OCH3 is 1. The van der Waals surface area contributed by atoms with Crippen molar-refractivity contribution in [1.82, 2.24) is 4.90 Å². The fourth-order valence-corrected chi connectivity index (χ4v) is 3.27. The maximum Gasteiger partial charge on any atom is 0.337 e. The van der Waals surface area contributed by atoms with E-state index >= 15 is 0 Å². The molecular weight excluding hydrogens is 372 g/mol. The Morgan fingerprint density at radius 2 is 1.72 bits per heavy atom. The minimum Gasteiger partial charge on any atom is -0.465 e. The summed E-state index contributed by atoms with van der Waals surface area (Å²) in [5.41, 5.74) is 3.48. The summed E-state index contributed by atoms with van der Waals surface area (Å²) in [6.45, 7) is 3.83. The van der Waals surface area contributed by atoms with Crippen molar-refractivity contribution in [2.24, 2.45) is 0 Å². The van der Waals surface area contributed by atoms with Gasteiger partial charge in [-0.3, -0.25) is 19.3 Å². The van der Waals surface area contributed by atoms with Gasteiger partial charge in [-0.15, -0.1) is 0 Å². The summed E-state index contributed by atoms with van der Waals surface area (Å²) in [6, 6.07) is 10.0. The second kappa shape index (κ2) is 8.26. The highest BCUT2D eigenvalue weighted by atomic mass is 16.5. The van der Waals surface area contributed by atoms with E-state index in [4.69, 9.17) is 0 Å². The third-order valence-corrected chi connectivity index (χ3v) is 4.83. The zero-order valence-corrected chi connectivity index (χ0v) is 16.6. The normalized spacial score (nSPS) is 12.7. The van der Waals surface area contributed by atoms with Crippen molar-refractivity contribution in [3.8, 4) is 0 Å². The van der Waals surface area contributed by atoms with Crippen LogP contribution in [0.25, 0.3) is 0 Å². The largest absolute Gasteiger partial charge is 0.465 e. The summed E-state index contributed by atoms with van der Waals surface area (Å²) in [5, 5.41) is 2.79. The smallest absolute Gasteiger partial charge is 0.337 e. The molecule has 7 heteroatoms. The molecule has 0 radical (unpaired) electrons. The number of hydrogen-bond donors (Lipinski definition) is 1. The Morgan fingerprint density at radius 1 is 1.00 bits per heavy atom. The molecule has 2 aromatic carbocycles. The molecule has 150 valence electrons. The monoisotopic (exact) mass is 394 g/mol. The van der Waals surface area contributed by atoms with E-state index in [2.05, 4.69) is 10.1 Å². The summed E-state index contributed by atoms with van der Waals surface area (Å²) in [6.07, 6.45) is 0.514. The number of aryl methyl sites for hydroxylation is 2. The molecule has 0 saturated carbocycles. The predicted molar refractivity (Wildman–Crippen MR) is 107 cm³/mol. The third-order valence-electron chi connectivity index (χ3n) is 4.83. The lowest BCUT2D eigenvalue weighted by Crippen LogP contribution is -2.31. The molecule has 0 unspecified atom stereocenters. The van der Waals surface area contributed by atoms with Crippen molar-refractivity contribution in [3.05, 3.63) is 64.2 Å². The van der Waals surface area contributed by atoms with Gasteiger partial charge in [0.15, 0.2) is 0 Å². The first kappa shape index (κ1) is 20.3. The fourth-order valence-electron chi connectivity index (χ4n) is 3.27. The molecule has 2 aromatic rings. The number of carbonyl (C=O) groups excluding carboxylic acids is 4. The Labute approximate surface area is 168 Å². The molecule has 0 aliphatic carbocycles. The average molecular weight is 394 g/mol. The maximum atomic E-state index is 12.4. The predicted octanol–water partition coefficient (Wildman–Crippen LogP) is 3.10. The van der Waals surface area contributed by atoms with Crippen molar-refractivity contribution in [1.29, 1.82) is 0 Å². The van der Waals surface area contributed by atoms with Crippen LogP contribution in [0.4, 0.5) is 5.69 Å². The maximum absolute atomic E-state index is 12.4. The van der Waals surface area contributed by atoms with Crippen molar-refractivity contribution < 1.29 is 23.9 Å². The number of nitrogens with zero attached hydrogens (tertiary/aromatic N) is 1. The molecule has 29 heavy (non-hydrogen) atoms. The second-order valence-electron chi connectivity index (χ2n) is 6.98. The number of imide groups is 1. The summed E-state index contributed by atoms with van der Waals surface area (Å²) >= 11 is 0. The van der Waals surface area contributed by atoms with Gasteiger partial charge in [-0.2, -0.15) is 0 Å². The van der Waals surface area contributed by atoms with Crippen molar-refractivity contribution in [2.75, 3.05) is 19.0 Å². The van der Waals surface area contributed by atoms with E-state index < -0.39 is 5.97 Å². The zero-order chi connectivity index (χ0) is 21.1. The van der Waals surface area contributed by atoms with Crippen LogP contribution < -0.4 is 5.32 Å². The standard InChI is InChI=1S/C22H22N2O5/c1-13-6-8-16-17(11-13)21(27)24(20(16)26)10-4-5-19(25)23-18-9-7-15(12-14(18)2)22(28)29-3/h6-9,11-12H,4-5,10H2,1-3H3,(H,23,25). The van der Waals surface area contributed by atoms with E-state index in [0.29, 0.717) is 28.8 Å². The van der Waals surface area contributed by atoms with Gasteiger partial charge in [-0.05, 0) is 56.2 Å². The highest BCUT2D eigenvalue weighted by Gasteiger charge is 2.34. The molecule has 0 atom stereocenters. The minimum atomic E-state index is -0.442. The lowest BCUT2D eigenvalue weighted by molar-refractivity contribution is -0.116. The number of rotatable bonds is 6. The van der Waals surface area contributed by atoms with E-state index in [0.717, 1.165) is 11.1 Å². The number of nitrogens with one attached hydrogen (secondary N) is 1. The first-order valence-corrected chi connectivity index (χ1v) is 9.27. The number of amides is 3. The summed E-state index contributed by atoms with van der Waals surface area (Å²) in [7, 11) is 1.31. The van der Waals surface area contributed by atoms with E-state index in [-0.39, 0.29) is 30.7 Å². The van der Waals surface area contributed by atoms with Crippen molar-refractivity contribution >= 4 is 29.4 Å². The Hall–Kier alpha value is -3.48. The number of hydrogen-bond acceptors (Lipinski definition) is 5. The Kier molecular flexibility index (Phi) is 5.77. The highest BCUT2D eigenvalue weighted by Crippen LogP contribution is 2.24. The van der Waals surface area contributed by atoms with Gasteiger partial charge < -0.3 is 10.1 Å². The second-order valence-corrected chi connectivity index (χ2v) is 6.98. The quantitative estimate of drug-likeness (QED) is 0.600. The Balaban J connectivity index is 1.55. The van der Waals surface area contributed by atoms with Gasteiger partial charge in [-0.25, -0.2) is 4.79 Å². The fraction of sp³-hybridized carbons (Fsp3) is 0.273. The van der Waals surface area contributed by atoms with Crippen LogP contribution in [-0.2, 0) is 9.53 Å². The first-order chi connectivity index (χ1) is 13.8. The van der Waals surface area contributed by atoms with Crippen LogP contribution in [0.5, 0.6) is 0 Å². The van der Waals surface area contributed by atoms with Gasteiger partial charge in [0.1, 0.15) is 0 Å². The number of ether oxygens (including phenoxy) is 1. The number of carbonyl (C=O) groups is 4. The van der Waals surface area contributed by atoms with E-state index in [1.54, 1.807) is 43.3 Å². The molecule has 1 heterocycles. The van der Waals surface area contributed by atoms with Gasteiger partial charge in [0.2, 0.25) is 5.91 Å². The molecular formula is C22H22N2O5. The lowest BCUT2D eigenvalue weighted by atomic mass is 10.1. The molecule has 1 aliphatic rings. The van der Waals surface area contributed by atoms with Gasteiger partial charge in [0.05, 0.1) is 23.8 Å². The van der Waals surface area contributed by atoms with Crippen LogP contribution in [0, 0.1) is 13.8 Å². The molecule has 0 saturated heterocycles. The third kappa shape index (κ3) is 4.18. The molecule has 1 N–H and O–H groups in total. The van der Waals surface area contributed by atoms with E-state index in [9.17, 15) is 19.2 Å². The SMILES string of the molecule is COC(=O)c1ccc(NC(=O)CCCN2C(=O)c3ccc(C)cc3C2=O)c(C)c1. The first-order valence-electron chi connectivity index (χ1n) is 9.27. The lowest BCUT2D eigenvalue weighted by Gasteiger charge is -2.14. The van der Waals surface area contributed by atoms with Crippen LogP contribution in [-0.4, -0.2) is 42.2 Å². The van der Waals surface area contributed by atoms with E-state index in [1.165, 1.54) is 12.0 Å². The molecule has 3 rings (SSSR count). The molecule has 1 aliphatic heterocycles. The van der Waals surface area contributed by atoms with Gasteiger partial charge >= 0.3 is 5.97 Å². The number of anilines is 1. The number of benzene rings is 2. The van der Waals surface area contributed by atoms with Crippen molar-refractivity contribution in [2.45, 2.75) is 26.7 Å². The summed E-state index contributed by atoms with van der Waals surface area (Å²) in [5.74, 6) is -1.31. The molecule has 0 spiro atoms. The van der Waals surface area contributed by atoms with Gasteiger partial charge in [-0.1, -0.05) is 11.6 Å². The average Bonchev–Trinajstić information content (AvgIpc) is 2.93. The summed E-state index contributed by atoms with van der Waals surface area (Å²) < 4.78 is 4.68. The molecule has 0 bridgehead atoms. The molecule has 0 fully saturated rings. The highest BCUT2D eigenvalue weighted by molar-refractivity contribution is 6.21. The zero-order valence-electron chi connectivity index (χ0n) is 16.6. The van der Waals surface area contributed by atoms with Gasteiger partial charge in [0, 0.05) is 18.7 Å². The molecule has 0 aromatic heterocycles. The van der Waals surface area contributed by atoms with Crippen LogP contribution in [0.15, 0.2) is 36.4 Å². The van der Waals surface area contributed by atoms with E-state index in [1.807, 2.05) is 6.92 Å².